The standard InChI is InChI=1S/C13H16N2O2/c1-3-13(4-2)11(16)15(12(17)14-13)10-8-6-5-7-9-10/h5-9H,3-4H2,1-2H3,(H,14,17). The average molecular weight is 232 g/mol. The zero-order chi connectivity index (χ0) is 12.5. The molecule has 0 radical (unpaired) electrons. The van der Waals surface area contributed by atoms with E-state index in [0.29, 0.717) is 18.5 Å². The van der Waals surface area contributed by atoms with Crippen LogP contribution in [0.2, 0.25) is 0 Å². The van der Waals surface area contributed by atoms with Crippen LogP contribution in [0.4, 0.5) is 10.5 Å². The van der Waals surface area contributed by atoms with E-state index in [2.05, 4.69) is 5.32 Å². The third-order valence-corrected chi connectivity index (χ3v) is 3.38. The summed E-state index contributed by atoms with van der Waals surface area (Å²) in [5, 5.41) is 2.80. The summed E-state index contributed by atoms with van der Waals surface area (Å²) >= 11 is 0. The maximum atomic E-state index is 12.3. The van der Waals surface area contributed by atoms with Crippen LogP contribution in [0.15, 0.2) is 30.3 Å². The molecule has 1 fully saturated rings. The van der Waals surface area contributed by atoms with Gasteiger partial charge in [0.05, 0.1) is 5.69 Å². The van der Waals surface area contributed by atoms with E-state index in [0.717, 1.165) is 0 Å². The number of rotatable bonds is 3. The van der Waals surface area contributed by atoms with Crippen molar-refractivity contribution in [2.45, 2.75) is 32.2 Å². The smallest absolute Gasteiger partial charge is 0.323 e. The highest BCUT2D eigenvalue weighted by atomic mass is 16.2. The molecular formula is C13H16N2O2. The third-order valence-electron chi connectivity index (χ3n) is 3.38. The van der Waals surface area contributed by atoms with E-state index in [1.54, 1.807) is 12.1 Å². The predicted molar refractivity (Wildman–Crippen MR) is 65.8 cm³/mol. The Morgan fingerprint density at radius 1 is 1.12 bits per heavy atom. The van der Waals surface area contributed by atoms with Gasteiger partial charge >= 0.3 is 6.03 Å². The van der Waals surface area contributed by atoms with Gasteiger partial charge in [0.25, 0.3) is 5.91 Å². The largest absolute Gasteiger partial charge is 0.329 e. The molecule has 1 aliphatic heterocycles. The lowest BCUT2D eigenvalue weighted by Gasteiger charge is -2.23. The van der Waals surface area contributed by atoms with E-state index >= 15 is 0 Å². The Bertz CT molecular complexity index is 438. The molecule has 0 saturated carbocycles. The highest BCUT2D eigenvalue weighted by Gasteiger charge is 2.49. The number of carbonyl (C=O) groups is 2. The third kappa shape index (κ3) is 1.69. The minimum absolute atomic E-state index is 0.154. The summed E-state index contributed by atoms with van der Waals surface area (Å²) in [6.45, 7) is 3.83. The van der Waals surface area contributed by atoms with E-state index in [1.807, 2.05) is 32.0 Å². The Balaban J connectivity index is 2.39. The summed E-state index contributed by atoms with van der Waals surface area (Å²) < 4.78 is 0. The molecule has 0 atom stereocenters. The highest BCUT2D eigenvalue weighted by molar-refractivity contribution is 6.23. The summed E-state index contributed by atoms with van der Waals surface area (Å²) in [6.07, 6.45) is 1.22. The van der Waals surface area contributed by atoms with Gasteiger partial charge in [-0.2, -0.15) is 0 Å². The number of nitrogens with one attached hydrogen (secondary N) is 1. The van der Waals surface area contributed by atoms with Gasteiger partial charge in [-0.05, 0) is 25.0 Å². The fourth-order valence-corrected chi connectivity index (χ4v) is 2.16. The zero-order valence-corrected chi connectivity index (χ0v) is 10.1. The molecule has 1 saturated heterocycles. The topological polar surface area (TPSA) is 49.4 Å². The lowest BCUT2D eigenvalue weighted by Crippen LogP contribution is -2.45. The molecule has 1 aliphatic rings. The first kappa shape index (κ1) is 11.6. The number of carbonyl (C=O) groups excluding carboxylic acids is 2. The van der Waals surface area contributed by atoms with Crippen molar-refractivity contribution in [3.05, 3.63) is 30.3 Å². The molecule has 0 aromatic heterocycles. The number of imide groups is 1. The molecule has 1 aromatic carbocycles. The quantitative estimate of drug-likeness (QED) is 0.813. The van der Waals surface area contributed by atoms with E-state index in [4.69, 9.17) is 0 Å². The van der Waals surface area contributed by atoms with Crippen LogP contribution in [-0.2, 0) is 4.79 Å². The highest BCUT2D eigenvalue weighted by Crippen LogP contribution is 2.28. The van der Waals surface area contributed by atoms with Crippen molar-refractivity contribution < 1.29 is 9.59 Å². The molecule has 0 bridgehead atoms. The van der Waals surface area contributed by atoms with Crippen LogP contribution < -0.4 is 10.2 Å². The first-order valence-electron chi connectivity index (χ1n) is 5.86. The Labute approximate surface area is 101 Å². The van der Waals surface area contributed by atoms with E-state index in [9.17, 15) is 9.59 Å². The Hall–Kier alpha value is -1.84. The van der Waals surface area contributed by atoms with Crippen molar-refractivity contribution in [1.82, 2.24) is 5.32 Å². The van der Waals surface area contributed by atoms with Gasteiger partial charge in [0.2, 0.25) is 0 Å². The fourth-order valence-electron chi connectivity index (χ4n) is 2.16. The summed E-state index contributed by atoms with van der Waals surface area (Å²) in [5.74, 6) is -0.154. The van der Waals surface area contributed by atoms with Crippen LogP contribution in [0.5, 0.6) is 0 Å². The van der Waals surface area contributed by atoms with Crippen molar-refractivity contribution in [3.8, 4) is 0 Å². The second-order valence-corrected chi connectivity index (χ2v) is 4.20. The first-order valence-corrected chi connectivity index (χ1v) is 5.86. The van der Waals surface area contributed by atoms with Gasteiger partial charge in [0.15, 0.2) is 0 Å². The number of urea groups is 1. The van der Waals surface area contributed by atoms with Crippen molar-refractivity contribution in [3.63, 3.8) is 0 Å². The van der Waals surface area contributed by atoms with Crippen LogP contribution in [0.25, 0.3) is 0 Å². The van der Waals surface area contributed by atoms with Crippen LogP contribution >= 0.6 is 0 Å². The molecular weight excluding hydrogens is 216 g/mol. The van der Waals surface area contributed by atoms with Gasteiger partial charge in [-0.1, -0.05) is 32.0 Å². The lowest BCUT2D eigenvalue weighted by molar-refractivity contribution is -0.122. The molecule has 0 aliphatic carbocycles. The van der Waals surface area contributed by atoms with Crippen molar-refractivity contribution in [2.24, 2.45) is 0 Å². The minimum Gasteiger partial charge on any atom is -0.323 e. The minimum atomic E-state index is -0.729. The lowest BCUT2D eigenvalue weighted by atomic mass is 9.93. The summed E-state index contributed by atoms with van der Waals surface area (Å²) in [5.41, 5.74) is -0.105. The monoisotopic (exact) mass is 232 g/mol. The maximum Gasteiger partial charge on any atom is 0.329 e. The Morgan fingerprint density at radius 3 is 2.18 bits per heavy atom. The summed E-state index contributed by atoms with van der Waals surface area (Å²) in [6, 6.07) is 8.68. The normalized spacial score (nSPS) is 18.4. The second kappa shape index (κ2) is 4.20. The van der Waals surface area contributed by atoms with Gasteiger partial charge < -0.3 is 5.32 Å². The number of amides is 3. The molecule has 3 amide bonds. The summed E-state index contributed by atoms with van der Waals surface area (Å²) in [4.78, 5) is 25.5. The zero-order valence-electron chi connectivity index (χ0n) is 10.1. The molecule has 0 unspecified atom stereocenters. The van der Waals surface area contributed by atoms with Gasteiger partial charge in [0.1, 0.15) is 5.54 Å². The van der Waals surface area contributed by atoms with Gasteiger partial charge in [0, 0.05) is 0 Å². The maximum absolute atomic E-state index is 12.3. The molecule has 4 nitrogen and oxygen atoms in total. The molecule has 0 spiro atoms. The van der Waals surface area contributed by atoms with Crippen LogP contribution in [-0.4, -0.2) is 17.5 Å². The number of para-hydroxylation sites is 1. The fraction of sp³-hybridized carbons (Fsp3) is 0.385. The van der Waals surface area contributed by atoms with E-state index < -0.39 is 5.54 Å². The SMILES string of the molecule is CCC1(CC)NC(=O)N(c2ccccc2)C1=O. The first-order chi connectivity index (χ1) is 8.14. The van der Waals surface area contributed by atoms with Crippen LogP contribution in [0.3, 0.4) is 0 Å². The van der Waals surface area contributed by atoms with Crippen LogP contribution in [0, 0.1) is 0 Å². The van der Waals surface area contributed by atoms with Crippen molar-refractivity contribution in [2.75, 3.05) is 4.90 Å². The molecule has 1 N–H and O–H groups in total. The second-order valence-electron chi connectivity index (χ2n) is 4.20. The summed E-state index contributed by atoms with van der Waals surface area (Å²) in [7, 11) is 0. The predicted octanol–water partition coefficient (Wildman–Crippen LogP) is 2.30. The number of hydrogen-bond donors (Lipinski definition) is 1. The van der Waals surface area contributed by atoms with Gasteiger partial charge in [-0.15, -0.1) is 0 Å². The Morgan fingerprint density at radius 2 is 1.71 bits per heavy atom. The van der Waals surface area contributed by atoms with Crippen LogP contribution in [0.1, 0.15) is 26.7 Å². The number of hydrogen-bond acceptors (Lipinski definition) is 2. The number of anilines is 1. The number of nitrogens with zero attached hydrogens (tertiary/aromatic N) is 1. The molecule has 90 valence electrons. The molecule has 1 heterocycles. The number of benzene rings is 1. The molecule has 2 rings (SSSR count). The van der Waals surface area contributed by atoms with Crippen molar-refractivity contribution in [1.29, 1.82) is 0 Å². The van der Waals surface area contributed by atoms with E-state index in [1.165, 1.54) is 4.90 Å². The van der Waals surface area contributed by atoms with E-state index in [-0.39, 0.29) is 11.9 Å². The molecule has 1 aromatic rings. The van der Waals surface area contributed by atoms with Gasteiger partial charge in [-0.3, -0.25) is 4.79 Å². The molecule has 4 heteroatoms. The van der Waals surface area contributed by atoms with Crippen molar-refractivity contribution >= 4 is 17.6 Å². The molecule has 17 heavy (non-hydrogen) atoms. The van der Waals surface area contributed by atoms with Gasteiger partial charge in [-0.25, -0.2) is 9.69 Å². The average Bonchev–Trinajstić information content (AvgIpc) is 2.62. The Kier molecular flexibility index (Phi) is 2.88.